The number of aryl methyl sites for hydroxylation is 1. The third-order valence-electron chi connectivity index (χ3n) is 7.38. The van der Waals surface area contributed by atoms with E-state index in [1.54, 1.807) is 19.5 Å². The Morgan fingerprint density at radius 3 is 2.50 bits per heavy atom. The fourth-order valence-corrected chi connectivity index (χ4v) is 5.68. The highest BCUT2D eigenvalue weighted by molar-refractivity contribution is 5.94. The average molecular weight is 456 g/mol. The van der Waals surface area contributed by atoms with Crippen molar-refractivity contribution >= 4 is 5.91 Å². The Kier molecular flexibility index (Phi) is 6.75. The molecule has 0 bridgehead atoms. The van der Waals surface area contributed by atoms with Crippen LogP contribution in [0.4, 0.5) is 0 Å². The second kappa shape index (κ2) is 10.1. The van der Waals surface area contributed by atoms with E-state index in [4.69, 9.17) is 4.74 Å². The molecule has 2 fully saturated rings. The molecule has 3 heterocycles. The summed E-state index contributed by atoms with van der Waals surface area (Å²) >= 11 is 0. The first-order valence-corrected chi connectivity index (χ1v) is 12.3. The summed E-state index contributed by atoms with van der Waals surface area (Å²) in [6.07, 6.45) is 5.51. The quantitative estimate of drug-likeness (QED) is 0.556. The van der Waals surface area contributed by atoms with Crippen LogP contribution in [0.15, 0.2) is 73.1 Å². The van der Waals surface area contributed by atoms with Crippen molar-refractivity contribution in [2.24, 2.45) is 0 Å². The molecule has 3 aromatic rings. The number of carbonyl (C=O) groups is 1. The number of pyridine rings is 1. The fraction of sp³-hybridized carbons (Fsp3) is 0.379. The molecule has 1 aromatic heterocycles. The molecule has 0 unspecified atom stereocenters. The number of fused-ring (bicyclic) bond motifs is 1. The summed E-state index contributed by atoms with van der Waals surface area (Å²) in [6.45, 7) is 5.45. The van der Waals surface area contributed by atoms with Crippen LogP contribution in [0.2, 0.25) is 0 Å². The zero-order chi connectivity index (χ0) is 23.5. The maximum Gasteiger partial charge on any atom is 0.254 e. The minimum absolute atomic E-state index is 0.105. The number of nitrogens with zero attached hydrogens (tertiary/aromatic N) is 3. The van der Waals surface area contributed by atoms with Crippen molar-refractivity contribution < 1.29 is 9.53 Å². The maximum atomic E-state index is 13.3. The predicted molar refractivity (Wildman–Crippen MR) is 135 cm³/mol. The van der Waals surface area contributed by atoms with Gasteiger partial charge in [0, 0.05) is 56.2 Å². The van der Waals surface area contributed by atoms with Crippen LogP contribution in [0, 0.1) is 6.92 Å². The largest absolute Gasteiger partial charge is 0.383 e. The molecule has 2 saturated heterocycles. The SMILES string of the molecule is COC[C@H]1[C@H](c2ccc(-c3cccc(C)c3)cc2)[C@H]2CN(C(=O)c3ccncc3)CCCCN21. The van der Waals surface area contributed by atoms with Gasteiger partial charge >= 0.3 is 0 Å². The van der Waals surface area contributed by atoms with E-state index in [0.717, 1.165) is 32.5 Å². The van der Waals surface area contributed by atoms with Crippen molar-refractivity contribution in [3.8, 4) is 11.1 Å². The maximum absolute atomic E-state index is 13.3. The molecule has 0 radical (unpaired) electrons. The number of hydrogen-bond acceptors (Lipinski definition) is 4. The Hall–Kier alpha value is -3.02. The molecule has 2 aliphatic heterocycles. The molecule has 0 spiro atoms. The molecule has 0 N–H and O–H groups in total. The highest BCUT2D eigenvalue weighted by Gasteiger charge is 2.49. The number of ether oxygens (including phenoxy) is 1. The van der Waals surface area contributed by atoms with Gasteiger partial charge in [-0.3, -0.25) is 14.7 Å². The fourth-order valence-electron chi connectivity index (χ4n) is 5.68. The van der Waals surface area contributed by atoms with Gasteiger partial charge in [0.2, 0.25) is 0 Å². The summed E-state index contributed by atoms with van der Waals surface area (Å²) in [5.41, 5.74) is 5.80. The lowest BCUT2D eigenvalue weighted by atomic mass is 9.74. The lowest BCUT2D eigenvalue weighted by molar-refractivity contribution is -0.0680. The molecule has 34 heavy (non-hydrogen) atoms. The second-order valence-electron chi connectivity index (χ2n) is 9.54. The van der Waals surface area contributed by atoms with Crippen molar-refractivity contribution in [3.05, 3.63) is 89.7 Å². The summed E-state index contributed by atoms with van der Waals surface area (Å²) in [5, 5.41) is 0. The Labute approximate surface area is 202 Å². The van der Waals surface area contributed by atoms with Crippen molar-refractivity contribution in [2.75, 3.05) is 33.4 Å². The number of hydrogen-bond donors (Lipinski definition) is 0. The minimum atomic E-state index is 0.105. The van der Waals surface area contributed by atoms with Gasteiger partial charge in [-0.15, -0.1) is 0 Å². The summed E-state index contributed by atoms with van der Waals surface area (Å²) in [6, 6.07) is 21.9. The van der Waals surface area contributed by atoms with Gasteiger partial charge in [-0.05, 0) is 55.1 Å². The molecule has 2 aliphatic rings. The lowest BCUT2D eigenvalue weighted by Crippen LogP contribution is -2.68. The first kappa shape index (κ1) is 22.8. The Morgan fingerprint density at radius 1 is 1.00 bits per heavy atom. The zero-order valence-corrected chi connectivity index (χ0v) is 20.1. The third-order valence-corrected chi connectivity index (χ3v) is 7.38. The van der Waals surface area contributed by atoms with Crippen LogP contribution >= 0.6 is 0 Å². The van der Waals surface area contributed by atoms with E-state index in [0.29, 0.717) is 30.2 Å². The van der Waals surface area contributed by atoms with E-state index in [1.165, 1.54) is 22.3 Å². The summed E-state index contributed by atoms with van der Waals surface area (Å²) in [4.78, 5) is 22.0. The molecule has 1 amide bonds. The molecule has 5 heteroatoms. The molecule has 0 aliphatic carbocycles. The van der Waals surface area contributed by atoms with Gasteiger partial charge in [0.15, 0.2) is 0 Å². The van der Waals surface area contributed by atoms with Crippen LogP contribution in [-0.2, 0) is 4.74 Å². The van der Waals surface area contributed by atoms with Gasteiger partial charge in [-0.1, -0.05) is 54.1 Å². The van der Waals surface area contributed by atoms with Crippen LogP contribution in [0.25, 0.3) is 11.1 Å². The summed E-state index contributed by atoms with van der Waals surface area (Å²) in [7, 11) is 1.79. The molecule has 5 nitrogen and oxygen atoms in total. The van der Waals surface area contributed by atoms with E-state index in [2.05, 4.69) is 65.3 Å². The van der Waals surface area contributed by atoms with E-state index in [1.807, 2.05) is 17.0 Å². The zero-order valence-electron chi connectivity index (χ0n) is 20.1. The van der Waals surface area contributed by atoms with Gasteiger partial charge in [0.1, 0.15) is 0 Å². The number of rotatable bonds is 5. The van der Waals surface area contributed by atoms with Crippen LogP contribution in [-0.4, -0.2) is 66.1 Å². The Balaban J connectivity index is 1.40. The standard InChI is InChI=1S/C29H33N3O2/c1-21-6-5-7-25(18-21)22-8-10-23(11-9-22)28-26-19-31(29(33)24-12-14-30-15-13-24)16-3-4-17-32(26)27(28)20-34-2/h5-15,18,26-28H,3-4,16-17,19-20H2,1-2H3/t26-,27+,28-/m1/s1. The van der Waals surface area contributed by atoms with E-state index in [-0.39, 0.29) is 5.91 Å². The third kappa shape index (κ3) is 4.50. The number of methoxy groups -OCH3 is 1. The van der Waals surface area contributed by atoms with Gasteiger partial charge in [-0.2, -0.15) is 0 Å². The van der Waals surface area contributed by atoms with Gasteiger partial charge < -0.3 is 9.64 Å². The first-order valence-electron chi connectivity index (χ1n) is 12.3. The molecular weight excluding hydrogens is 422 g/mol. The molecule has 3 atom stereocenters. The molecular formula is C29H33N3O2. The van der Waals surface area contributed by atoms with Gasteiger partial charge in [0.05, 0.1) is 6.61 Å². The summed E-state index contributed by atoms with van der Waals surface area (Å²) in [5.74, 6) is 0.449. The molecule has 176 valence electrons. The molecule has 2 aromatic carbocycles. The molecule has 0 saturated carbocycles. The summed E-state index contributed by atoms with van der Waals surface area (Å²) < 4.78 is 5.64. The van der Waals surface area contributed by atoms with Gasteiger partial charge in [0.25, 0.3) is 5.91 Å². The van der Waals surface area contributed by atoms with Crippen LogP contribution in [0.3, 0.4) is 0 Å². The number of carbonyl (C=O) groups excluding carboxylic acids is 1. The van der Waals surface area contributed by atoms with E-state index < -0.39 is 0 Å². The smallest absolute Gasteiger partial charge is 0.254 e. The second-order valence-corrected chi connectivity index (χ2v) is 9.54. The topological polar surface area (TPSA) is 45.7 Å². The number of amides is 1. The Bertz CT molecular complexity index is 1120. The minimum Gasteiger partial charge on any atom is -0.383 e. The highest BCUT2D eigenvalue weighted by atomic mass is 16.5. The van der Waals surface area contributed by atoms with Crippen molar-refractivity contribution in [2.45, 2.75) is 37.8 Å². The lowest BCUT2D eigenvalue weighted by Gasteiger charge is -2.57. The van der Waals surface area contributed by atoms with Crippen molar-refractivity contribution in [3.63, 3.8) is 0 Å². The predicted octanol–water partition coefficient (Wildman–Crippen LogP) is 4.78. The van der Waals surface area contributed by atoms with E-state index in [9.17, 15) is 4.79 Å². The first-order chi connectivity index (χ1) is 16.7. The molecule has 5 rings (SSSR count). The van der Waals surface area contributed by atoms with Crippen LogP contribution in [0.1, 0.15) is 40.2 Å². The van der Waals surface area contributed by atoms with Crippen molar-refractivity contribution in [1.82, 2.24) is 14.8 Å². The average Bonchev–Trinajstić information content (AvgIpc) is 2.85. The van der Waals surface area contributed by atoms with E-state index >= 15 is 0 Å². The number of benzene rings is 2. The van der Waals surface area contributed by atoms with Gasteiger partial charge in [-0.25, -0.2) is 0 Å². The van der Waals surface area contributed by atoms with Crippen LogP contribution < -0.4 is 0 Å². The normalized spacial score (nSPS) is 22.9. The van der Waals surface area contributed by atoms with Crippen LogP contribution in [0.5, 0.6) is 0 Å². The van der Waals surface area contributed by atoms with Crippen molar-refractivity contribution in [1.29, 1.82) is 0 Å². The Morgan fingerprint density at radius 2 is 1.76 bits per heavy atom. The monoisotopic (exact) mass is 455 g/mol. The number of aromatic nitrogens is 1. The highest BCUT2D eigenvalue weighted by Crippen LogP contribution is 2.42.